The van der Waals surface area contributed by atoms with Gasteiger partial charge in [-0.25, -0.2) is 9.59 Å². The Kier molecular flexibility index (Phi) is 4.73. The first-order valence-electron chi connectivity index (χ1n) is 6.73. The summed E-state index contributed by atoms with van der Waals surface area (Å²) in [6, 6.07) is 10.3. The number of hydrogen-bond acceptors (Lipinski definition) is 4. The van der Waals surface area contributed by atoms with Crippen molar-refractivity contribution in [2.45, 2.75) is 6.92 Å². The highest BCUT2D eigenvalue weighted by atomic mass is 16.6. The second kappa shape index (κ2) is 6.71. The fraction of sp³-hybridized carbons (Fsp3) is 0.188. The summed E-state index contributed by atoms with van der Waals surface area (Å²) >= 11 is 0. The van der Waals surface area contributed by atoms with Gasteiger partial charge < -0.3 is 9.84 Å². The molecule has 6 nitrogen and oxygen atoms in total. The molecule has 0 aliphatic rings. The maximum absolute atomic E-state index is 11.6. The molecule has 0 radical (unpaired) electrons. The van der Waals surface area contributed by atoms with Crippen LogP contribution in [0.3, 0.4) is 0 Å². The molecule has 2 rings (SSSR count). The van der Waals surface area contributed by atoms with Gasteiger partial charge >= 0.3 is 12.1 Å². The first-order chi connectivity index (χ1) is 10.5. The molecule has 1 aromatic carbocycles. The highest BCUT2D eigenvalue weighted by Crippen LogP contribution is 2.21. The average molecular weight is 300 g/mol. The van der Waals surface area contributed by atoms with Crippen molar-refractivity contribution in [1.82, 2.24) is 4.98 Å². The summed E-state index contributed by atoms with van der Waals surface area (Å²) in [6.45, 7) is 2.07. The number of pyridine rings is 1. The standard InChI is InChI=1S/C16H16N2O4/c1-3-22-16(21)18(2)13-7-4-11(5-8-13)14-9-6-12(10-17-14)15(19)20/h4-10H,3H2,1-2H3,(H,19,20). The van der Waals surface area contributed by atoms with Gasteiger partial charge in [0, 0.05) is 24.5 Å². The van der Waals surface area contributed by atoms with Crippen molar-refractivity contribution in [1.29, 1.82) is 0 Å². The van der Waals surface area contributed by atoms with Crippen LogP contribution in [0.4, 0.5) is 10.5 Å². The molecule has 1 N–H and O–H groups in total. The van der Waals surface area contributed by atoms with Crippen LogP contribution in [-0.4, -0.2) is 35.8 Å². The van der Waals surface area contributed by atoms with Crippen LogP contribution in [0.15, 0.2) is 42.6 Å². The second-order valence-corrected chi connectivity index (χ2v) is 4.54. The average Bonchev–Trinajstić information content (AvgIpc) is 2.54. The first-order valence-corrected chi connectivity index (χ1v) is 6.73. The number of benzene rings is 1. The van der Waals surface area contributed by atoms with Gasteiger partial charge in [0.15, 0.2) is 0 Å². The molecule has 0 saturated carbocycles. The van der Waals surface area contributed by atoms with Crippen LogP contribution in [0.2, 0.25) is 0 Å². The van der Waals surface area contributed by atoms with Crippen LogP contribution in [0.25, 0.3) is 11.3 Å². The molecule has 0 spiro atoms. The van der Waals surface area contributed by atoms with Gasteiger partial charge in [0.2, 0.25) is 0 Å². The van der Waals surface area contributed by atoms with E-state index in [4.69, 9.17) is 9.84 Å². The first kappa shape index (κ1) is 15.5. The number of ether oxygens (including phenoxy) is 1. The molecule has 0 aliphatic carbocycles. The lowest BCUT2D eigenvalue weighted by molar-refractivity contribution is 0.0696. The maximum Gasteiger partial charge on any atom is 0.413 e. The Morgan fingerprint density at radius 3 is 2.36 bits per heavy atom. The molecule has 1 aromatic heterocycles. The van der Waals surface area contributed by atoms with E-state index in [1.807, 2.05) is 12.1 Å². The van der Waals surface area contributed by atoms with Crippen LogP contribution in [0.5, 0.6) is 0 Å². The number of aromatic carboxylic acids is 1. The molecule has 0 fully saturated rings. The van der Waals surface area contributed by atoms with Crippen LogP contribution in [0.1, 0.15) is 17.3 Å². The molecule has 0 aliphatic heterocycles. The Hall–Kier alpha value is -2.89. The smallest absolute Gasteiger partial charge is 0.413 e. The van der Waals surface area contributed by atoms with Crippen LogP contribution >= 0.6 is 0 Å². The Morgan fingerprint density at radius 1 is 1.18 bits per heavy atom. The summed E-state index contributed by atoms with van der Waals surface area (Å²) in [4.78, 5) is 28.0. The van der Waals surface area contributed by atoms with Crippen molar-refractivity contribution in [3.05, 3.63) is 48.2 Å². The lowest BCUT2D eigenvalue weighted by Gasteiger charge is -2.16. The molecular weight excluding hydrogens is 284 g/mol. The minimum absolute atomic E-state index is 0.141. The lowest BCUT2D eigenvalue weighted by Crippen LogP contribution is -2.26. The topological polar surface area (TPSA) is 79.7 Å². The number of carboxylic acid groups (broad SMARTS) is 1. The summed E-state index contributed by atoms with van der Waals surface area (Å²) in [5.41, 5.74) is 2.33. The number of aromatic nitrogens is 1. The molecule has 1 heterocycles. The lowest BCUT2D eigenvalue weighted by atomic mass is 10.1. The number of carbonyl (C=O) groups excluding carboxylic acids is 1. The zero-order chi connectivity index (χ0) is 16.1. The van der Waals surface area contributed by atoms with E-state index in [2.05, 4.69) is 4.98 Å². The van der Waals surface area contributed by atoms with E-state index in [9.17, 15) is 9.59 Å². The van der Waals surface area contributed by atoms with E-state index in [0.717, 1.165) is 5.56 Å². The van der Waals surface area contributed by atoms with Crippen LogP contribution < -0.4 is 4.90 Å². The van der Waals surface area contributed by atoms with Crippen LogP contribution in [0, 0.1) is 0 Å². The Balaban J connectivity index is 2.18. The van der Waals surface area contributed by atoms with E-state index >= 15 is 0 Å². The quantitative estimate of drug-likeness (QED) is 0.938. The van der Waals surface area contributed by atoms with Gasteiger partial charge in [-0.2, -0.15) is 0 Å². The highest BCUT2D eigenvalue weighted by Gasteiger charge is 2.11. The number of rotatable bonds is 4. The zero-order valence-electron chi connectivity index (χ0n) is 12.3. The summed E-state index contributed by atoms with van der Waals surface area (Å²) < 4.78 is 4.93. The van der Waals surface area contributed by atoms with Crippen molar-refractivity contribution < 1.29 is 19.4 Å². The van der Waals surface area contributed by atoms with E-state index in [0.29, 0.717) is 18.0 Å². The molecule has 0 atom stereocenters. The Morgan fingerprint density at radius 2 is 1.86 bits per heavy atom. The molecule has 114 valence electrons. The molecule has 0 saturated heterocycles. The third-order valence-electron chi connectivity index (χ3n) is 3.10. The Labute approximate surface area is 128 Å². The summed E-state index contributed by atoms with van der Waals surface area (Å²) in [7, 11) is 1.63. The number of carboxylic acids is 1. The zero-order valence-corrected chi connectivity index (χ0v) is 12.3. The van der Waals surface area contributed by atoms with Gasteiger partial charge in [-0.1, -0.05) is 12.1 Å². The van der Waals surface area contributed by atoms with Gasteiger partial charge in [0.1, 0.15) is 0 Å². The molecule has 6 heteroatoms. The fourth-order valence-electron chi connectivity index (χ4n) is 1.87. The second-order valence-electron chi connectivity index (χ2n) is 4.54. The van der Waals surface area contributed by atoms with Crippen LogP contribution in [-0.2, 0) is 4.74 Å². The highest BCUT2D eigenvalue weighted by molar-refractivity contribution is 5.88. The van der Waals surface area contributed by atoms with Gasteiger partial charge in [0.05, 0.1) is 17.9 Å². The van der Waals surface area contributed by atoms with Crippen molar-refractivity contribution in [2.24, 2.45) is 0 Å². The van der Waals surface area contributed by atoms with Gasteiger partial charge in [0.25, 0.3) is 0 Å². The third kappa shape index (κ3) is 3.41. The summed E-state index contributed by atoms with van der Waals surface area (Å²) in [5, 5.41) is 8.85. The van der Waals surface area contributed by atoms with E-state index in [-0.39, 0.29) is 5.56 Å². The number of carbonyl (C=O) groups is 2. The van der Waals surface area contributed by atoms with Gasteiger partial charge in [-0.15, -0.1) is 0 Å². The predicted molar refractivity (Wildman–Crippen MR) is 82.1 cm³/mol. The Bertz CT molecular complexity index is 666. The number of nitrogens with zero attached hydrogens (tertiary/aromatic N) is 2. The van der Waals surface area contributed by atoms with Gasteiger partial charge in [-0.05, 0) is 31.2 Å². The van der Waals surface area contributed by atoms with E-state index in [1.165, 1.54) is 17.2 Å². The third-order valence-corrected chi connectivity index (χ3v) is 3.10. The molecule has 22 heavy (non-hydrogen) atoms. The maximum atomic E-state index is 11.6. The molecule has 0 unspecified atom stereocenters. The molecule has 1 amide bonds. The minimum atomic E-state index is -1.01. The van der Waals surface area contributed by atoms with Crippen molar-refractivity contribution in [2.75, 3.05) is 18.6 Å². The predicted octanol–water partition coefficient (Wildman–Crippen LogP) is 3.04. The number of anilines is 1. The van der Waals surface area contributed by atoms with E-state index < -0.39 is 12.1 Å². The molecule has 0 bridgehead atoms. The SMILES string of the molecule is CCOC(=O)N(C)c1ccc(-c2ccc(C(=O)O)cn2)cc1. The summed E-state index contributed by atoms with van der Waals surface area (Å²) in [5.74, 6) is -1.01. The fourth-order valence-corrected chi connectivity index (χ4v) is 1.87. The number of amides is 1. The van der Waals surface area contributed by atoms with Crippen molar-refractivity contribution >= 4 is 17.7 Å². The molecule has 2 aromatic rings. The summed E-state index contributed by atoms with van der Waals surface area (Å²) in [6.07, 6.45) is 0.898. The normalized spacial score (nSPS) is 10.1. The van der Waals surface area contributed by atoms with E-state index in [1.54, 1.807) is 32.2 Å². The minimum Gasteiger partial charge on any atom is -0.478 e. The monoisotopic (exact) mass is 300 g/mol. The van der Waals surface area contributed by atoms with Gasteiger partial charge in [-0.3, -0.25) is 9.88 Å². The van der Waals surface area contributed by atoms with Crippen molar-refractivity contribution in [3.8, 4) is 11.3 Å². The number of hydrogen-bond donors (Lipinski definition) is 1. The molecular formula is C16H16N2O4. The largest absolute Gasteiger partial charge is 0.478 e. The van der Waals surface area contributed by atoms with Crippen molar-refractivity contribution in [3.63, 3.8) is 0 Å².